The van der Waals surface area contributed by atoms with Crippen LogP contribution in [0.4, 0.5) is 0 Å². The Bertz CT molecular complexity index is 246. The predicted octanol–water partition coefficient (Wildman–Crippen LogP) is 1.37. The Morgan fingerprint density at radius 2 is 2.29 bits per heavy atom. The first-order chi connectivity index (χ1) is 7.97. The van der Waals surface area contributed by atoms with Gasteiger partial charge in [0, 0.05) is 26.1 Å². The van der Waals surface area contributed by atoms with Crippen LogP contribution in [0.5, 0.6) is 0 Å². The molecule has 1 aliphatic rings. The second-order valence-electron chi connectivity index (χ2n) is 5.69. The Morgan fingerprint density at radius 3 is 2.88 bits per heavy atom. The molecule has 0 aromatic carbocycles. The van der Waals surface area contributed by atoms with Crippen molar-refractivity contribution in [1.29, 1.82) is 0 Å². The molecule has 1 saturated heterocycles. The highest BCUT2D eigenvalue weighted by Crippen LogP contribution is 2.16. The standard InChI is InChI=1S/C13H26N2O2/c1-11(7-13(16)17)8-15(3)10-12-5-4-6-14(2)9-12/h11-12H,4-10H2,1-3H3,(H,16,17). The lowest BCUT2D eigenvalue weighted by Gasteiger charge is -2.33. The summed E-state index contributed by atoms with van der Waals surface area (Å²) in [4.78, 5) is 15.3. The molecule has 1 rings (SSSR count). The first-order valence-corrected chi connectivity index (χ1v) is 6.56. The fourth-order valence-corrected chi connectivity index (χ4v) is 2.83. The summed E-state index contributed by atoms with van der Waals surface area (Å²) in [6.45, 7) is 6.38. The van der Waals surface area contributed by atoms with Gasteiger partial charge in [0.1, 0.15) is 0 Å². The molecule has 0 saturated carbocycles. The normalized spacial score (nSPS) is 23.9. The van der Waals surface area contributed by atoms with Gasteiger partial charge in [-0.1, -0.05) is 6.92 Å². The van der Waals surface area contributed by atoms with Gasteiger partial charge >= 0.3 is 5.97 Å². The lowest BCUT2D eigenvalue weighted by atomic mass is 9.97. The molecule has 1 heterocycles. The van der Waals surface area contributed by atoms with Gasteiger partial charge in [-0.25, -0.2) is 0 Å². The summed E-state index contributed by atoms with van der Waals surface area (Å²) in [5, 5.41) is 8.73. The number of likely N-dealkylation sites (tertiary alicyclic amines) is 1. The third-order valence-electron chi connectivity index (χ3n) is 3.44. The van der Waals surface area contributed by atoms with Crippen molar-refractivity contribution >= 4 is 5.97 Å². The number of aliphatic carboxylic acids is 1. The molecule has 0 radical (unpaired) electrons. The highest BCUT2D eigenvalue weighted by atomic mass is 16.4. The third kappa shape index (κ3) is 6.03. The minimum atomic E-state index is -0.691. The Kier molecular flexibility index (Phi) is 5.92. The Morgan fingerprint density at radius 1 is 1.59 bits per heavy atom. The summed E-state index contributed by atoms with van der Waals surface area (Å²) >= 11 is 0. The van der Waals surface area contributed by atoms with Gasteiger partial charge in [0.2, 0.25) is 0 Å². The Balaban J connectivity index is 2.23. The van der Waals surface area contributed by atoms with E-state index in [1.165, 1.54) is 25.9 Å². The molecule has 100 valence electrons. The van der Waals surface area contributed by atoms with Crippen LogP contribution in [0.3, 0.4) is 0 Å². The molecule has 4 nitrogen and oxygen atoms in total. The molecule has 0 amide bonds. The monoisotopic (exact) mass is 242 g/mol. The fraction of sp³-hybridized carbons (Fsp3) is 0.923. The van der Waals surface area contributed by atoms with Crippen LogP contribution in [0, 0.1) is 11.8 Å². The Hall–Kier alpha value is -0.610. The van der Waals surface area contributed by atoms with E-state index in [1.54, 1.807) is 0 Å². The van der Waals surface area contributed by atoms with Crippen LogP contribution in [0.1, 0.15) is 26.2 Å². The van der Waals surface area contributed by atoms with Gasteiger partial charge in [-0.3, -0.25) is 4.79 Å². The molecule has 2 unspecified atom stereocenters. The van der Waals surface area contributed by atoms with Crippen LogP contribution in [0.25, 0.3) is 0 Å². The molecule has 0 aromatic rings. The molecule has 1 N–H and O–H groups in total. The van der Waals surface area contributed by atoms with Crippen molar-refractivity contribution < 1.29 is 9.90 Å². The van der Waals surface area contributed by atoms with Crippen LogP contribution in [-0.2, 0) is 4.79 Å². The largest absolute Gasteiger partial charge is 0.481 e. The van der Waals surface area contributed by atoms with Crippen LogP contribution in [-0.4, -0.2) is 61.2 Å². The first kappa shape index (κ1) is 14.5. The first-order valence-electron chi connectivity index (χ1n) is 6.56. The number of hydrogen-bond donors (Lipinski definition) is 1. The van der Waals surface area contributed by atoms with Crippen molar-refractivity contribution in [3.63, 3.8) is 0 Å². The van der Waals surface area contributed by atoms with E-state index >= 15 is 0 Å². The SMILES string of the molecule is CC(CC(=O)O)CN(C)CC1CCCN(C)C1. The predicted molar refractivity (Wildman–Crippen MR) is 69.1 cm³/mol. The van der Waals surface area contributed by atoms with E-state index in [4.69, 9.17) is 5.11 Å². The maximum absolute atomic E-state index is 10.6. The van der Waals surface area contributed by atoms with Gasteiger partial charge in [0.25, 0.3) is 0 Å². The van der Waals surface area contributed by atoms with Crippen molar-refractivity contribution in [2.75, 3.05) is 40.3 Å². The number of hydrogen-bond acceptors (Lipinski definition) is 3. The molecule has 17 heavy (non-hydrogen) atoms. The molecule has 0 bridgehead atoms. The number of carbonyl (C=O) groups is 1. The highest BCUT2D eigenvalue weighted by Gasteiger charge is 2.19. The second-order valence-corrected chi connectivity index (χ2v) is 5.69. The summed E-state index contributed by atoms with van der Waals surface area (Å²) < 4.78 is 0. The van der Waals surface area contributed by atoms with E-state index in [-0.39, 0.29) is 12.3 Å². The van der Waals surface area contributed by atoms with Gasteiger partial charge < -0.3 is 14.9 Å². The van der Waals surface area contributed by atoms with Crippen molar-refractivity contribution in [3.05, 3.63) is 0 Å². The lowest BCUT2D eigenvalue weighted by molar-refractivity contribution is -0.138. The van der Waals surface area contributed by atoms with E-state index in [0.717, 1.165) is 19.0 Å². The molecule has 1 fully saturated rings. The number of rotatable bonds is 6. The van der Waals surface area contributed by atoms with Crippen LogP contribution in [0.15, 0.2) is 0 Å². The van der Waals surface area contributed by atoms with Crippen LogP contribution < -0.4 is 0 Å². The minimum Gasteiger partial charge on any atom is -0.481 e. The Labute approximate surface area is 105 Å². The van der Waals surface area contributed by atoms with E-state index < -0.39 is 5.97 Å². The summed E-state index contributed by atoms with van der Waals surface area (Å²) in [7, 11) is 4.28. The van der Waals surface area contributed by atoms with Gasteiger partial charge in [-0.15, -0.1) is 0 Å². The van der Waals surface area contributed by atoms with Gasteiger partial charge in [0.05, 0.1) is 0 Å². The summed E-state index contributed by atoms with van der Waals surface area (Å²) in [6, 6.07) is 0. The van der Waals surface area contributed by atoms with Crippen molar-refractivity contribution in [2.24, 2.45) is 11.8 Å². The number of carboxylic acid groups (broad SMARTS) is 1. The fourth-order valence-electron chi connectivity index (χ4n) is 2.83. The summed E-state index contributed by atoms with van der Waals surface area (Å²) in [6.07, 6.45) is 2.87. The van der Waals surface area contributed by atoms with E-state index in [2.05, 4.69) is 23.9 Å². The number of piperidine rings is 1. The van der Waals surface area contributed by atoms with Gasteiger partial charge in [0.15, 0.2) is 0 Å². The molecule has 0 aliphatic carbocycles. The maximum atomic E-state index is 10.6. The van der Waals surface area contributed by atoms with Crippen molar-refractivity contribution in [3.8, 4) is 0 Å². The quantitative estimate of drug-likeness (QED) is 0.764. The number of nitrogens with zero attached hydrogens (tertiary/aromatic N) is 2. The minimum absolute atomic E-state index is 0.235. The zero-order chi connectivity index (χ0) is 12.8. The average molecular weight is 242 g/mol. The molecule has 2 atom stereocenters. The molecule has 0 aromatic heterocycles. The van der Waals surface area contributed by atoms with Crippen molar-refractivity contribution in [1.82, 2.24) is 9.80 Å². The van der Waals surface area contributed by atoms with Crippen molar-refractivity contribution in [2.45, 2.75) is 26.2 Å². The maximum Gasteiger partial charge on any atom is 0.303 e. The third-order valence-corrected chi connectivity index (χ3v) is 3.44. The van der Waals surface area contributed by atoms with E-state index in [9.17, 15) is 4.79 Å². The van der Waals surface area contributed by atoms with E-state index in [0.29, 0.717) is 0 Å². The van der Waals surface area contributed by atoms with E-state index in [1.807, 2.05) is 6.92 Å². The lowest BCUT2D eigenvalue weighted by Crippen LogP contribution is -2.39. The molecular weight excluding hydrogens is 216 g/mol. The highest BCUT2D eigenvalue weighted by molar-refractivity contribution is 5.66. The second kappa shape index (κ2) is 6.97. The molecule has 1 aliphatic heterocycles. The average Bonchev–Trinajstić information content (AvgIpc) is 2.14. The van der Waals surface area contributed by atoms with Crippen LogP contribution >= 0.6 is 0 Å². The smallest absolute Gasteiger partial charge is 0.303 e. The zero-order valence-electron chi connectivity index (χ0n) is 11.4. The topological polar surface area (TPSA) is 43.8 Å². The zero-order valence-corrected chi connectivity index (χ0v) is 11.4. The summed E-state index contributed by atoms with van der Waals surface area (Å²) in [5.41, 5.74) is 0. The molecule has 0 spiro atoms. The summed E-state index contributed by atoms with van der Waals surface area (Å²) in [5.74, 6) is 0.290. The molecular formula is C13H26N2O2. The number of carboxylic acids is 1. The van der Waals surface area contributed by atoms with Gasteiger partial charge in [-0.05, 0) is 45.3 Å². The van der Waals surface area contributed by atoms with Crippen LogP contribution in [0.2, 0.25) is 0 Å². The molecule has 4 heteroatoms. The van der Waals surface area contributed by atoms with Gasteiger partial charge in [-0.2, -0.15) is 0 Å².